The first kappa shape index (κ1) is 14.4. The van der Waals surface area contributed by atoms with Crippen LogP contribution in [0.1, 0.15) is 20.3 Å². The summed E-state index contributed by atoms with van der Waals surface area (Å²) in [6.07, 6.45) is 4.79. The molecule has 0 amide bonds. The summed E-state index contributed by atoms with van der Waals surface area (Å²) in [5, 5.41) is 7.31. The summed E-state index contributed by atoms with van der Waals surface area (Å²) in [4.78, 5) is 6.59. The molecule has 6 heteroatoms. The van der Waals surface area contributed by atoms with Crippen LogP contribution in [0.3, 0.4) is 0 Å². The Kier molecular flexibility index (Phi) is 4.17. The maximum Gasteiger partial charge on any atom is 0.195 e. The van der Waals surface area contributed by atoms with E-state index in [0.29, 0.717) is 16.7 Å². The molecule has 1 atom stereocenters. The van der Waals surface area contributed by atoms with Crippen molar-refractivity contribution in [2.75, 3.05) is 13.1 Å². The minimum absolute atomic E-state index is 0.618. The Bertz CT molecular complexity index is 646. The second kappa shape index (κ2) is 6.07. The molecule has 1 fully saturated rings. The molecule has 0 aliphatic carbocycles. The van der Waals surface area contributed by atoms with Gasteiger partial charge in [-0.3, -0.25) is 14.6 Å². The second-order valence-electron chi connectivity index (χ2n) is 5.94. The molecule has 1 N–H and O–H groups in total. The fourth-order valence-electron chi connectivity index (χ4n) is 2.95. The van der Waals surface area contributed by atoms with Crippen molar-refractivity contribution < 1.29 is 0 Å². The topological polar surface area (TPSA) is 49.7 Å². The number of rotatable bonds is 4. The third-order valence-electron chi connectivity index (χ3n) is 4.19. The van der Waals surface area contributed by atoms with E-state index in [4.69, 9.17) is 12.2 Å². The van der Waals surface area contributed by atoms with E-state index < -0.39 is 0 Å². The summed E-state index contributed by atoms with van der Waals surface area (Å²) in [6.45, 7) is 7.76. The maximum absolute atomic E-state index is 5.40. The van der Waals surface area contributed by atoms with Crippen LogP contribution in [0.15, 0.2) is 24.5 Å². The first-order chi connectivity index (χ1) is 10.1. The zero-order chi connectivity index (χ0) is 14.8. The average Bonchev–Trinajstić information content (AvgIpc) is 3.09. The predicted molar refractivity (Wildman–Crippen MR) is 85.5 cm³/mol. The van der Waals surface area contributed by atoms with Crippen LogP contribution in [0.2, 0.25) is 0 Å². The van der Waals surface area contributed by atoms with Crippen molar-refractivity contribution in [2.45, 2.75) is 32.9 Å². The fourth-order valence-corrected chi connectivity index (χ4v) is 3.15. The van der Waals surface area contributed by atoms with Crippen LogP contribution in [-0.2, 0) is 6.54 Å². The van der Waals surface area contributed by atoms with Crippen LogP contribution < -0.4 is 0 Å². The van der Waals surface area contributed by atoms with E-state index in [1.54, 1.807) is 12.4 Å². The van der Waals surface area contributed by atoms with Crippen molar-refractivity contribution in [2.24, 2.45) is 5.92 Å². The molecule has 3 rings (SSSR count). The van der Waals surface area contributed by atoms with E-state index in [0.717, 1.165) is 24.5 Å². The van der Waals surface area contributed by atoms with Gasteiger partial charge in [0.05, 0.1) is 0 Å². The number of aromatic nitrogens is 4. The third kappa shape index (κ3) is 3.06. The van der Waals surface area contributed by atoms with Gasteiger partial charge in [0.1, 0.15) is 0 Å². The van der Waals surface area contributed by atoms with Gasteiger partial charge in [0.25, 0.3) is 0 Å². The van der Waals surface area contributed by atoms with Crippen LogP contribution in [0.5, 0.6) is 0 Å². The highest BCUT2D eigenvalue weighted by atomic mass is 32.1. The summed E-state index contributed by atoms with van der Waals surface area (Å²) in [6, 6.07) is 4.56. The smallest absolute Gasteiger partial charge is 0.195 e. The summed E-state index contributed by atoms with van der Waals surface area (Å²) < 4.78 is 2.82. The van der Waals surface area contributed by atoms with Gasteiger partial charge in [-0.05, 0) is 57.1 Å². The normalized spacial score (nSPS) is 19.5. The molecule has 0 saturated carbocycles. The van der Waals surface area contributed by atoms with Crippen molar-refractivity contribution in [3.8, 4) is 11.4 Å². The molecule has 0 spiro atoms. The van der Waals surface area contributed by atoms with Gasteiger partial charge in [-0.1, -0.05) is 0 Å². The first-order valence-corrected chi connectivity index (χ1v) is 7.85. The van der Waals surface area contributed by atoms with Crippen molar-refractivity contribution >= 4 is 12.2 Å². The lowest BCUT2D eigenvalue weighted by atomic mass is 10.1. The Morgan fingerprint density at radius 2 is 2.14 bits per heavy atom. The molecule has 5 nitrogen and oxygen atoms in total. The maximum atomic E-state index is 5.40. The quantitative estimate of drug-likeness (QED) is 0.882. The van der Waals surface area contributed by atoms with Crippen LogP contribution in [0, 0.1) is 10.7 Å². The van der Waals surface area contributed by atoms with Crippen molar-refractivity contribution in [3.05, 3.63) is 29.3 Å². The number of nitrogens with one attached hydrogen (secondary N) is 1. The van der Waals surface area contributed by atoms with Gasteiger partial charge < -0.3 is 4.90 Å². The molecular formula is C15H21N5S. The van der Waals surface area contributed by atoms with Crippen LogP contribution in [0.4, 0.5) is 0 Å². The molecule has 1 aliphatic heterocycles. The lowest BCUT2D eigenvalue weighted by Gasteiger charge is -2.20. The van der Waals surface area contributed by atoms with Gasteiger partial charge in [0.2, 0.25) is 0 Å². The highest BCUT2D eigenvalue weighted by molar-refractivity contribution is 7.71. The van der Waals surface area contributed by atoms with Gasteiger partial charge >= 0.3 is 0 Å². The average molecular weight is 303 g/mol. The number of likely N-dealkylation sites (tertiary alicyclic amines) is 1. The largest absolute Gasteiger partial charge is 0.301 e. The van der Waals surface area contributed by atoms with Gasteiger partial charge in [-0.2, -0.15) is 5.10 Å². The molecule has 1 saturated heterocycles. The van der Waals surface area contributed by atoms with E-state index in [2.05, 4.69) is 38.5 Å². The summed E-state index contributed by atoms with van der Waals surface area (Å²) in [5.41, 5.74) is 1.05. The van der Waals surface area contributed by atoms with E-state index in [-0.39, 0.29) is 0 Å². The lowest BCUT2D eigenvalue weighted by Crippen LogP contribution is -2.28. The van der Waals surface area contributed by atoms with E-state index in [1.807, 2.05) is 12.1 Å². The minimum Gasteiger partial charge on any atom is -0.301 e. The fraction of sp³-hybridized carbons (Fsp3) is 0.533. The highest BCUT2D eigenvalue weighted by Crippen LogP contribution is 2.23. The molecule has 0 aromatic carbocycles. The zero-order valence-electron chi connectivity index (χ0n) is 12.5. The molecule has 0 bridgehead atoms. The molecule has 1 aliphatic rings. The number of pyridine rings is 1. The number of hydrogen-bond acceptors (Lipinski definition) is 4. The summed E-state index contributed by atoms with van der Waals surface area (Å²) in [7, 11) is 0. The zero-order valence-corrected chi connectivity index (χ0v) is 13.3. The van der Waals surface area contributed by atoms with Gasteiger partial charge in [0, 0.05) is 37.1 Å². The molecule has 3 heterocycles. The standard InChI is InChI=1S/C15H21N5S/c1-11(2)19-8-5-12(9-19)10-20-14(17-18-15(20)21)13-3-6-16-7-4-13/h3-4,6-7,11-12H,5,8-10H2,1-2H3,(H,18,21). The van der Waals surface area contributed by atoms with Gasteiger partial charge in [0.15, 0.2) is 10.6 Å². The Morgan fingerprint density at radius 3 is 2.81 bits per heavy atom. The highest BCUT2D eigenvalue weighted by Gasteiger charge is 2.25. The van der Waals surface area contributed by atoms with Gasteiger partial charge in [-0.15, -0.1) is 0 Å². The molecule has 21 heavy (non-hydrogen) atoms. The minimum atomic E-state index is 0.618. The Balaban J connectivity index is 1.81. The molecular weight excluding hydrogens is 282 g/mol. The number of aromatic amines is 1. The number of hydrogen-bond donors (Lipinski definition) is 1. The van der Waals surface area contributed by atoms with Crippen molar-refractivity contribution in [1.29, 1.82) is 0 Å². The Labute approximate surface area is 130 Å². The van der Waals surface area contributed by atoms with E-state index in [1.165, 1.54) is 13.0 Å². The molecule has 0 radical (unpaired) electrons. The van der Waals surface area contributed by atoms with Gasteiger partial charge in [-0.25, -0.2) is 0 Å². The van der Waals surface area contributed by atoms with Crippen molar-refractivity contribution in [3.63, 3.8) is 0 Å². The Hall–Kier alpha value is -1.53. The monoisotopic (exact) mass is 303 g/mol. The SMILES string of the molecule is CC(C)N1CCC(Cn2c(-c3ccncc3)n[nH]c2=S)C1. The van der Waals surface area contributed by atoms with E-state index >= 15 is 0 Å². The lowest BCUT2D eigenvalue weighted by molar-refractivity contribution is 0.260. The summed E-state index contributed by atoms with van der Waals surface area (Å²) >= 11 is 5.40. The van der Waals surface area contributed by atoms with Crippen LogP contribution >= 0.6 is 12.2 Å². The van der Waals surface area contributed by atoms with Crippen LogP contribution in [-0.4, -0.2) is 43.8 Å². The molecule has 2 aromatic rings. The third-order valence-corrected chi connectivity index (χ3v) is 4.50. The number of H-pyrrole nitrogens is 1. The second-order valence-corrected chi connectivity index (χ2v) is 6.33. The number of nitrogens with zero attached hydrogens (tertiary/aromatic N) is 4. The first-order valence-electron chi connectivity index (χ1n) is 7.45. The summed E-state index contributed by atoms with van der Waals surface area (Å²) in [5.74, 6) is 1.54. The molecule has 112 valence electrons. The van der Waals surface area contributed by atoms with Crippen LogP contribution in [0.25, 0.3) is 11.4 Å². The predicted octanol–water partition coefficient (Wildman–Crippen LogP) is 2.73. The van der Waals surface area contributed by atoms with Crippen molar-refractivity contribution in [1.82, 2.24) is 24.6 Å². The molecule has 2 aromatic heterocycles. The van der Waals surface area contributed by atoms with E-state index in [9.17, 15) is 0 Å². The molecule has 1 unspecified atom stereocenters. The Morgan fingerprint density at radius 1 is 1.38 bits per heavy atom.